The van der Waals surface area contributed by atoms with Crippen molar-refractivity contribution in [3.63, 3.8) is 0 Å². The van der Waals surface area contributed by atoms with Crippen LogP contribution >= 0.6 is 8.46 Å². The summed E-state index contributed by atoms with van der Waals surface area (Å²) in [4.78, 5) is 26.2. The first-order valence-electron chi connectivity index (χ1n) is 8.90. The molecular weight excluding hydrogens is 367 g/mol. The number of benzene rings is 1. The monoisotopic (exact) mass is 396 g/mol. The molecule has 0 saturated heterocycles. The van der Waals surface area contributed by atoms with Gasteiger partial charge in [0.2, 0.25) is 0 Å². The largest absolute Gasteiger partial charge is 0.496 e. The zero-order valence-corrected chi connectivity index (χ0v) is 18.0. The summed E-state index contributed by atoms with van der Waals surface area (Å²) in [5, 5.41) is -1.52. The Morgan fingerprint density at radius 1 is 1.07 bits per heavy atom. The van der Waals surface area contributed by atoms with Crippen LogP contribution in [-0.2, 0) is 14.1 Å². The summed E-state index contributed by atoms with van der Waals surface area (Å²) in [7, 11) is 2.44. The molecule has 0 aliphatic rings. The number of ether oxygens (including phenoxy) is 3. The molecular formula is C20H29O6P. The van der Waals surface area contributed by atoms with Crippen LogP contribution in [-0.4, -0.2) is 37.7 Å². The number of carbonyl (C=O) groups is 2. The number of rotatable bonds is 10. The van der Waals surface area contributed by atoms with Crippen molar-refractivity contribution in [2.24, 2.45) is 17.8 Å². The second kappa shape index (κ2) is 9.84. The van der Waals surface area contributed by atoms with Crippen molar-refractivity contribution in [1.82, 2.24) is 0 Å². The van der Waals surface area contributed by atoms with E-state index >= 15 is 0 Å². The Balaban J connectivity index is 3.45. The fraction of sp³-hybridized carbons (Fsp3) is 0.600. The van der Waals surface area contributed by atoms with E-state index in [9.17, 15) is 14.2 Å². The number of hydrogen-bond donors (Lipinski definition) is 0. The molecule has 1 aromatic carbocycles. The molecule has 0 bridgehead atoms. The Hall–Kier alpha value is -1.94. The highest BCUT2D eigenvalue weighted by atomic mass is 31.1. The topological polar surface area (TPSA) is 78.9 Å². The predicted molar refractivity (Wildman–Crippen MR) is 104 cm³/mol. The molecule has 2 unspecified atom stereocenters. The third-order valence-corrected chi connectivity index (χ3v) is 5.22. The van der Waals surface area contributed by atoms with Crippen molar-refractivity contribution < 1.29 is 28.4 Å². The minimum absolute atomic E-state index is 0.129. The summed E-state index contributed by atoms with van der Waals surface area (Å²) >= 11 is 0. The van der Waals surface area contributed by atoms with Crippen molar-refractivity contribution in [2.45, 2.75) is 39.8 Å². The van der Waals surface area contributed by atoms with Crippen molar-refractivity contribution in [3.05, 3.63) is 23.8 Å². The Bertz CT molecular complexity index is 663. The lowest BCUT2D eigenvalue weighted by Gasteiger charge is -2.32. The maximum absolute atomic E-state index is 13.5. The number of hydrogen-bond acceptors (Lipinski definition) is 6. The zero-order valence-electron chi connectivity index (χ0n) is 17.1. The van der Waals surface area contributed by atoms with E-state index in [1.165, 1.54) is 21.1 Å². The van der Waals surface area contributed by atoms with Crippen molar-refractivity contribution >= 4 is 20.2 Å². The Morgan fingerprint density at radius 2 is 1.59 bits per heavy atom. The van der Waals surface area contributed by atoms with Gasteiger partial charge in [-0.05, 0) is 30.9 Å². The quantitative estimate of drug-likeness (QED) is 0.331. The lowest BCUT2D eigenvalue weighted by atomic mass is 9.77. The average Bonchev–Trinajstić information content (AvgIpc) is 2.64. The first kappa shape index (κ1) is 23.1. The van der Waals surface area contributed by atoms with Gasteiger partial charge in [-0.2, -0.15) is 0 Å². The minimum Gasteiger partial charge on any atom is -0.496 e. The first-order chi connectivity index (χ1) is 12.6. The number of carbonyl (C=O) groups excluding carboxylic acids is 2. The summed E-state index contributed by atoms with van der Waals surface area (Å²) in [5.41, 5.74) is 0.229. The molecule has 0 aromatic heterocycles. The van der Waals surface area contributed by atoms with Crippen LogP contribution < -0.4 is 9.47 Å². The van der Waals surface area contributed by atoms with E-state index in [1.54, 1.807) is 18.2 Å². The molecule has 0 spiro atoms. The lowest BCUT2D eigenvalue weighted by molar-refractivity contribution is -0.149. The van der Waals surface area contributed by atoms with Gasteiger partial charge >= 0.3 is 5.97 Å². The summed E-state index contributed by atoms with van der Waals surface area (Å²) in [5.74, 6) is -1.38. The van der Waals surface area contributed by atoms with Crippen molar-refractivity contribution in [3.8, 4) is 11.5 Å². The Kier molecular flexibility index (Phi) is 8.42. The van der Waals surface area contributed by atoms with Crippen LogP contribution in [0.3, 0.4) is 0 Å². The van der Waals surface area contributed by atoms with Gasteiger partial charge in [-0.3, -0.25) is 14.2 Å². The van der Waals surface area contributed by atoms with Crippen LogP contribution in [0.2, 0.25) is 0 Å². The smallest absolute Gasteiger partial charge is 0.324 e. The summed E-state index contributed by atoms with van der Waals surface area (Å²) in [6, 6.07) is 5.01. The SMILES string of the molecule is COc1cccc(OC)c1C(=O)C(C(C)C)C(C)(P=O)C(=O)OCC(C)C. The maximum Gasteiger partial charge on any atom is 0.324 e. The van der Waals surface area contributed by atoms with Gasteiger partial charge in [0.25, 0.3) is 0 Å². The highest BCUT2D eigenvalue weighted by Crippen LogP contribution is 2.42. The molecule has 6 nitrogen and oxygen atoms in total. The van der Waals surface area contributed by atoms with E-state index in [4.69, 9.17) is 14.2 Å². The molecule has 0 N–H and O–H groups in total. The summed E-state index contributed by atoms with van der Waals surface area (Å²) in [6.45, 7) is 9.12. The molecule has 27 heavy (non-hydrogen) atoms. The molecule has 0 saturated carbocycles. The van der Waals surface area contributed by atoms with E-state index in [0.29, 0.717) is 11.5 Å². The van der Waals surface area contributed by atoms with Crippen LogP contribution in [0.15, 0.2) is 18.2 Å². The van der Waals surface area contributed by atoms with Crippen LogP contribution in [0, 0.1) is 17.8 Å². The van der Waals surface area contributed by atoms with Gasteiger partial charge in [-0.1, -0.05) is 33.8 Å². The van der Waals surface area contributed by atoms with Gasteiger partial charge in [-0.25, -0.2) is 0 Å². The molecule has 0 aliphatic carbocycles. The molecule has 0 heterocycles. The van der Waals surface area contributed by atoms with Gasteiger partial charge < -0.3 is 14.2 Å². The Labute approximate surface area is 162 Å². The normalized spacial score (nSPS) is 14.7. The molecule has 7 heteroatoms. The second-order valence-corrected chi connectivity index (χ2v) is 8.47. The van der Waals surface area contributed by atoms with Crippen LogP contribution in [0.4, 0.5) is 0 Å². The van der Waals surface area contributed by atoms with E-state index in [2.05, 4.69) is 0 Å². The standard InChI is InChI=1S/C20H29O6P/c1-12(2)11-26-19(22)20(5,27-23)17(13(3)4)18(21)16-14(24-6)9-8-10-15(16)25-7/h8-10,12-13,17H,11H2,1-7H3. The van der Waals surface area contributed by atoms with Gasteiger partial charge in [0, 0.05) is 0 Å². The third-order valence-electron chi connectivity index (χ3n) is 4.38. The van der Waals surface area contributed by atoms with E-state index in [1.807, 2.05) is 27.7 Å². The molecule has 0 fully saturated rings. The van der Waals surface area contributed by atoms with Gasteiger partial charge in [0.1, 0.15) is 17.1 Å². The van der Waals surface area contributed by atoms with E-state index in [0.717, 1.165) is 0 Å². The fourth-order valence-corrected chi connectivity index (χ4v) is 3.73. The van der Waals surface area contributed by atoms with Crippen LogP contribution in [0.25, 0.3) is 0 Å². The third kappa shape index (κ3) is 5.07. The second-order valence-electron chi connectivity index (χ2n) is 7.35. The van der Waals surface area contributed by atoms with Gasteiger partial charge in [0.05, 0.1) is 26.7 Å². The molecule has 2 atom stereocenters. The minimum atomic E-state index is -1.52. The van der Waals surface area contributed by atoms with Gasteiger partial charge in [0.15, 0.2) is 19.4 Å². The Morgan fingerprint density at radius 3 is 1.96 bits per heavy atom. The number of esters is 1. The van der Waals surface area contributed by atoms with E-state index < -0.39 is 25.5 Å². The molecule has 0 radical (unpaired) electrons. The van der Waals surface area contributed by atoms with Crippen molar-refractivity contribution in [1.29, 1.82) is 0 Å². The molecule has 1 rings (SSSR count). The number of Topliss-reactive ketones (excluding diaryl/α,β-unsaturated/α-hetero) is 1. The maximum atomic E-state index is 13.5. The highest BCUT2D eigenvalue weighted by Gasteiger charge is 2.50. The van der Waals surface area contributed by atoms with Gasteiger partial charge in [-0.15, -0.1) is 0 Å². The number of methoxy groups -OCH3 is 2. The molecule has 0 amide bonds. The first-order valence-corrected chi connectivity index (χ1v) is 9.72. The fourth-order valence-electron chi connectivity index (χ4n) is 3.07. The molecule has 1 aromatic rings. The van der Waals surface area contributed by atoms with Crippen LogP contribution in [0.1, 0.15) is 45.0 Å². The van der Waals surface area contributed by atoms with Crippen LogP contribution in [0.5, 0.6) is 11.5 Å². The summed E-state index contributed by atoms with van der Waals surface area (Å²) < 4.78 is 28.1. The highest BCUT2D eigenvalue weighted by molar-refractivity contribution is 7.27. The number of ketones is 1. The molecule has 150 valence electrons. The average molecular weight is 396 g/mol. The predicted octanol–water partition coefficient (Wildman–Crippen LogP) is 4.41. The van der Waals surface area contributed by atoms with Crippen molar-refractivity contribution in [2.75, 3.05) is 20.8 Å². The van der Waals surface area contributed by atoms with E-state index in [-0.39, 0.29) is 29.8 Å². The zero-order chi connectivity index (χ0) is 20.8. The molecule has 0 aliphatic heterocycles. The summed E-state index contributed by atoms with van der Waals surface area (Å²) in [6.07, 6.45) is 0. The lowest BCUT2D eigenvalue weighted by Crippen LogP contribution is -2.46.